The fourth-order valence-electron chi connectivity index (χ4n) is 3.33. The molecule has 2 aromatic heterocycles. The molecule has 1 saturated carbocycles. The second-order valence-electron chi connectivity index (χ2n) is 6.78. The van der Waals surface area contributed by atoms with Gasteiger partial charge in [-0.25, -0.2) is 4.98 Å². The third kappa shape index (κ3) is 2.86. The van der Waals surface area contributed by atoms with Crippen molar-refractivity contribution < 1.29 is 0 Å². The van der Waals surface area contributed by atoms with Crippen LogP contribution < -0.4 is 5.32 Å². The predicted octanol–water partition coefficient (Wildman–Crippen LogP) is 5.19. The molecule has 124 valence electrons. The molecule has 0 bridgehead atoms. The number of fused-ring (bicyclic) bond motifs is 1. The zero-order valence-corrected chi connectivity index (χ0v) is 14.7. The van der Waals surface area contributed by atoms with Crippen LogP contribution in [-0.4, -0.2) is 21.0 Å². The van der Waals surface area contributed by atoms with Crippen LogP contribution in [0.4, 0.5) is 5.82 Å². The maximum Gasteiger partial charge on any atom is 0.225 e. The number of aromatic nitrogens is 3. The van der Waals surface area contributed by atoms with E-state index in [1.807, 2.05) is 6.07 Å². The van der Waals surface area contributed by atoms with Crippen LogP contribution in [0.1, 0.15) is 31.7 Å². The molecule has 2 N–H and O–H groups in total. The van der Waals surface area contributed by atoms with Gasteiger partial charge in [-0.3, -0.25) is 0 Å². The molecular formula is C19H21ClN4. The molecule has 0 radical (unpaired) electrons. The molecular weight excluding hydrogens is 320 g/mol. The van der Waals surface area contributed by atoms with Crippen LogP contribution in [-0.2, 0) is 0 Å². The third-order valence-corrected chi connectivity index (χ3v) is 5.17. The molecule has 4 rings (SSSR count). The topological polar surface area (TPSA) is 53.6 Å². The molecule has 5 heteroatoms. The predicted molar refractivity (Wildman–Crippen MR) is 99.5 cm³/mol. The van der Waals surface area contributed by atoms with Crippen LogP contribution >= 0.6 is 11.6 Å². The second-order valence-corrected chi connectivity index (χ2v) is 7.12. The average molecular weight is 341 g/mol. The number of hydrogen-bond donors (Lipinski definition) is 2. The van der Waals surface area contributed by atoms with E-state index in [1.165, 1.54) is 24.8 Å². The van der Waals surface area contributed by atoms with Gasteiger partial charge < -0.3 is 10.3 Å². The number of halogens is 1. The van der Waals surface area contributed by atoms with E-state index in [2.05, 4.69) is 58.4 Å². The van der Waals surface area contributed by atoms with Gasteiger partial charge in [0.1, 0.15) is 5.52 Å². The Balaban J connectivity index is 1.73. The number of H-pyrrole nitrogens is 1. The van der Waals surface area contributed by atoms with Crippen molar-refractivity contribution in [2.24, 2.45) is 5.92 Å². The van der Waals surface area contributed by atoms with Crippen molar-refractivity contribution >= 4 is 28.5 Å². The minimum atomic E-state index is 0.278. The first-order valence-electron chi connectivity index (χ1n) is 8.50. The largest absolute Gasteiger partial charge is 0.365 e. The number of anilines is 1. The number of nitrogens with one attached hydrogen (secondary N) is 2. The van der Waals surface area contributed by atoms with Crippen LogP contribution in [0.25, 0.3) is 22.3 Å². The molecule has 24 heavy (non-hydrogen) atoms. The van der Waals surface area contributed by atoms with Crippen molar-refractivity contribution in [3.8, 4) is 11.3 Å². The maximum absolute atomic E-state index is 6.14. The summed E-state index contributed by atoms with van der Waals surface area (Å²) in [5, 5.41) is 3.82. The van der Waals surface area contributed by atoms with Gasteiger partial charge in [0.25, 0.3) is 0 Å². The molecule has 0 amide bonds. The molecule has 4 nitrogen and oxygen atoms in total. The van der Waals surface area contributed by atoms with Crippen molar-refractivity contribution in [1.29, 1.82) is 0 Å². The van der Waals surface area contributed by atoms with Crippen LogP contribution in [0, 0.1) is 12.8 Å². The maximum atomic E-state index is 6.14. The van der Waals surface area contributed by atoms with Crippen molar-refractivity contribution in [3.63, 3.8) is 0 Å². The molecule has 0 aliphatic heterocycles. The summed E-state index contributed by atoms with van der Waals surface area (Å²) in [6.45, 7) is 4.31. The molecule has 1 aliphatic carbocycles. The zero-order valence-electron chi connectivity index (χ0n) is 13.9. The zero-order chi connectivity index (χ0) is 16.7. The Morgan fingerprint density at radius 1 is 1.25 bits per heavy atom. The summed E-state index contributed by atoms with van der Waals surface area (Å²) >= 11 is 6.14. The van der Waals surface area contributed by atoms with Gasteiger partial charge in [-0.05, 0) is 61.9 Å². The Kier molecular flexibility index (Phi) is 3.93. The van der Waals surface area contributed by atoms with Gasteiger partial charge in [0.15, 0.2) is 5.82 Å². The van der Waals surface area contributed by atoms with Crippen molar-refractivity contribution in [3.05, 3.63) is 41.2 Å². The van der Waals surface area contributed by atoms with E-state index < -0.39 is 0 Å². The fraction of sp³-hybridized carbons (Fsp3) is 0.368. The van der Waals surface area contributed by atoms with Gasteiger partial charge >= 0.3 is 0 Å². The first kappa shape index (κ1) is 15.5. The van der Waals surface area contributed by atoms with E-state index in [1.54, 1.807) is 0 Å². The fourth-order valence-corrected chi connectivity index (χ4v) is 3.51. The highest BCUT2D eigenvalue weighted by Gasteiger charge is 2.25. The van der Waals surface area contributed by atoms with Gasteiger partial charge in [-0.2, -0.15) is 4.98 Å². The van der Waals surface area contributed by atoms with Gasteiger partial charge in [0.2, 0.25) is 5.28 Å². The number of hydrogen-bond acceptors (Lipinski definition) is 3. The van der Waals surface area contributed by atoms with E-state index >= 15 is 0 Å². The quantitative estimate of drug-likeness (QED) is 0.643. The SMILES string of the molecule is Cc1cccc(-c2cc3nc(Cl)nc(NC(C)C4CCC4)c3[nH]2)c1. The molecule has 0 spiro atoms. The number of benzene rings is 1. The minimum Gasteiger partial charge on any atom is -0.365 e. The Hall–Kier alpha value is -2.07. The summed E-state index contributed by atoms with van der Waals surface area (Å²) < 4.78 is 0. The van der Waals surface area contributed by atoms with Gasteiger partial charge in [0.05, 0.1) is 5.52 Å². The Morgan fingerprint density at radius 3 is 2.79 bits per heavy atom. The standard InChI is InChI=1S/C19H21ClN4/c1-11-5-3-8-14(9-11)15-10-16-17(22-15)18(24-19(20)23-16)21-12(2)13-6-4-7-13/h3,5,8-10,12-13,22H,4,6-7H2,1-2H3,(H,21,23,24). The summed E-state index contributed by atoms with van der Waals surface area (Å²) in [7, 11) is 0. The molecule has 2 heterocycles. The van der Waals surface area contributed by atoms with Gasteiger partial charge in [-0.1, -0.05) is 30.2 Å². The van der Waals surface area contributed by atoms with Gasteiger partial charge in [-0.15, -0.1) is 0 Å². The van der Waals surface area contributed by atoms with E-state index in [9.17, 15) is 0 Å². The first-order chi connectivity index (χ1) is 11.6. The molecule has 1 atom stereocenters. The Bertz CT molecular complexity index is 882. The molecule has 0 saturated heterocycles. The van der Waals surface area contributed by atoms with Crippen LogP contribution in [0.5, 0.6) is 0 Å². The van der Waals surface area contributed by atoms with E-state index in [0.29, 0.717) is 6.04 Å². The highest BCUT2D eigenvalue weighted by molar-refractivity contribution is 6.28. The van der Waals surface area contributed by atoms with Crippen molar-refractivity contribution in [2.75, 3.05) is 5.32 Å². The first-order valence-corrected chi connectivity index (χ1v) is 8.88. The smallest absolute Gasteiger partial charge is 0.225 e. The third-order valence-electron chi connectivity index (χ3n) is 5.00. The lowest BCUT2D eigenvalue weighted by Crippen LogP contribution is -2.31. The summed E-state index contributed by atoms with van der Waals surface area (Å²) in [6.07, 6.45) is 3.90. The molecule has 1 aromatic carbocycles. The molecule has 3 aromatic rings. The van der Waals surface area contributed by atoms with Gasteiger partial charge in [0, 0.05) is 11.7 Å². The minimum absolute atomic E-state index is 0.278. The lowest BCUT2D eigenvalue weighted by molar-refractivity contribution is 0.285. The normalized spacial score (nSPS) is 16.1. The Morgan fingerprint density at radius 2 is 2.08 bits per heavy atom. The average Bonchev–Trinajstić information content (AvgIpc) is 2.89. The second kappa shape index (κ2) is 6.10. The molecule has 1 aliphatic rings. The summed E-state index contributed by atoms with van der Waals surface area (Å²) in [5.74, 6) is 1.52. The number of rotatable bonds is 4. The van der Waals surface area contributed by atoms with Crippen LogP contribution in [0.2, 0.25) is 5.28 Å². The molecule has 1 unspecified atom stereocenters. The van der Waals surface area contributed by atoms with E-state index in [-0.39, 0.29) is 5.28 Å². The Labute approximate surface area is 146 Å². The number of nitrogens with zero attached hydrogens (tertiary/aromatic N) is 2. The number of aromatic amines is 1. The van der Waals surface area contributed by atoms with Crippen molar-refractivity contribution in [1.82, 2.24) is 15.0 Å². The van der Waals surface area contributed by atoms with E-state index in [4.69, 9.17) is 11.6 Å². The highest BCUT2D eigenvalue weighted by Crippen LogP contribution is 2.33. The lowest BCUT2D eigenvalue weighted by Gasteiger charge is -2.32. The van der Waals surface area contributed by atoms with Crippen LogP contribution in [0.15, 0.2) is 30.3 Å². The molecule has 1 fully saturated rings. The summed E-state index contributed by atoms with van der Waals surface area (Å²) in [5.41, 5.74) is 5.16. The monoisotopic (exact) mass is 340 g/mol. The lowest BCUT2D eigenvalue weighted by atomic mass is 9.80. The van der Waals surface area contributed by atoms with Crippen LogP contribution in [0.3, 0.4) is 0 Å². The van der Waals surface area contributed by atoms with E-state index in [0.717, 1.165) is 34.0 Å². The highest BCUT2D eigenvalue weighted by atomic mass is 35.5. The number of aryl methyl sites for hydroxylation is 1. The summed E-state index contributed by atoms with van der Waals surface area (Å²) in [4.78, 5) is 12.3. The van der Waals surface area contributed by atoms with Crippen molar-refractivity contribution in [2.45, 2.75) is 39.2 Å². The summed E-state index contributed by atoms with van der Waals surface area (Å²) in [6, 6.07) is 10.8.